The van der Waals surface area contributed by atoms with Crippen LogP contribution in [0.2, 0.25) is 0 Å². The average molecular weight is 219 g/mol. The molecule has 0 saturated carbocycles. The quantitative estimate of drug-likeness (QED) is 0.826. The lowest BCUT2D eigenvalue weighted by Crippen LogP contribution is -1.95. The largest absolute Gasteiger partial charge is 0.326 e. The maximum Gasteiger partial charge on any atom is 0.0178 e. The fourth-order valence-electron chi connectivity index (χ4n) is 1.77. The molecule has 1 atom stereocenters. The van der Waals surface area contributed by atoms with Gasteiger partial charge in [-0.3, -0.25) is 0 Å². The van der Waals surface area contributed by atoms with Crippen LogP contribution in [0.3, 0.4) is 0 Å². The third-order valence-corrected chi connectivity index (χ3v) is 4.54. The highest BCUT2D eigenvalue weighted by atomic mass is 32.2. The summed E-state index contributed by atoms with van der Waals surface area (Å²) < 4.78 is 0. The Hall–Kier alpha value is -0.730. The molecule has 0 radical (unpaired) electrons. The summed E-state index contributed by atoms with van der Waals surface area (Å²) in [4.78, 5) is 1.46. The van der Waals surface area contributed by atoms with Crippen molar-refractivity contribution in [3.8, 4) is 0 Å². The van der Waals surface area contributed by atoms with Gasteiger partial charge >= 0.3 is 0 Å². The van der Waals surface area contributed by atoms with Gasteiger partial charge in [-0.15, -0.1) is 11.8 Å². The number of hydrogen-bond acceptors (Lipinski definition) is 2. The van der Waals surface area contributed by atoms with E-state index in [2.05, 4.69) is 38.1 Å². The van der Waals surface area contributed by atoms with Gasteiger partial charge in [-0.2, -0.15) is 0 Å². The molecule has 0 saturated heterocycles. The van der Waals surface area contributed by atoms with Crippen LogP contribution in [0.4, 0.5) is 0 Å². The number of nitrogens with two attached hydrogens (primary N) is 1. The molecular formula is C13H17NS. The molecule has 2 heteroatoms. The first kappa shape index (κ1) is 10.8. The van der Waals surface area contributed by atoms with Gasteiger partial charge in [-0.05, 0) is 24.0 Å². The standard InChI is InChI=1S/C13H17NS/c1-9-8-15-13(10(9)2)12-5-3-11(7-14)4-6-12/h3-6,9H,7-8,14H2,1-2H3/t9-/m1/s1. The normalized spacial score (nSPS) is 21.1. The summed E-state index contributed by atoms with van der Waals surface area (Å²) in [7, 11) is 0. The molecule has 1 aromatic rings. The van der Waals surface area contributed by atoms with Gasteiger partial charge < -0.3 is 5.73 Å². The lowest BCUT2D eigenvalue weighted by Gasteiger charge is -2.05. The van der Waals surface area contributed by atoms with Gasteiger partial charge in [0.2, 0.25) is 0 Å². The molecule has 80 valence electrons. The van der Waals surface area contributed by atoms with Gasteiger partial charge in [0.15, 0.2) is 0 Å². The van der Waals surface area contributed by atoms with Gasteiger partial charge in [-0.1, -0.05) is 36.8 Å². The van der Waals surface area contributed by atoms with Crippen molar-refractivity contribution in [2.24, 2.45) is 11.7 Å². The molecule has 2 N–H and O–H groups in total. The van der Waals surface area contributed by atoms with Gasteiger partial charge in [0, 0.05) is 17.2 Å². The van der Waals surface area contributed by atoms with E-state index in [1.165, 1.54) is 27.4 Å². The van der Waals surface area contributed by atoms with Crippen LogP contribution >= 0.6 is 11.8 Å². The van der Waals surface area contributed by atoms with Crippen LogP contribution in [0, 0.1) is 5.92 Å². The maximum absolute atomic E-state index is 5.59. The van der Waals surface area contributed by atoms with Crippen LogP contribution in [-0.2, 0) is 6.54 Å². The number of benzene rings is 1. The lowest BCUT2D eigenvalue weighted by molar-refractivity contribution is 0.800. The Labute approximate surface area is 95.8 Å². The molecule has 0 spiro atoms. The van der Waals surface area contributed by atoms with Crippen molar-refractivity contribution in [2.75, 3.05) is 5.75 Å². The molecule has 1 heterocycles. The van der Waals surface area contributed by atoms with Gasteiger partial charge in [0.25, 0.3) is 0 Å². The lowest BCUT2D eigenvalue weighted by atomic mass is 10.0. The zero-order chi connectivity index (χ0) is 10.8. The van der Waals surface area contributed by atoms with Crippen LogP contribution in [0.15, 0.2) is 29.8 Å². The van der Waals surface area contributed by atoms with Crippen molar-refractivity contribution in [3.63, 3.8) is 0 Å². The Morgan fingerprint density at radius 2 is 2.00 bits per heavy atom. The fourth-order valence-corrected chi connectivity index (χ4v) is 3.17. The fraction of sp³-hybridized carbons (Fsp3) is 0.385. The molecule has 1 nitrogen and oxygen atoms in total. The number of hydrogen-bond donors (Lipinski definition) is 1. The Morgan fingerprint density at radius 1 is 1.33 bits per heavy atom. The third-order valence-electron chi connectivity index (χ3n) is 3.03. The summed E-state index contributed by atoms with van der Waals surface area (Å²) in [6.07, 6.45) is 0. The van der Waals surface area contributed by atoms with Crippen LogP contribution < -0.4 is 5.73 Å². The van der Waals surface area contributed by atoms with Crippen LogP contribution in [0.5, 0.6) is 0 Å². The first-order valence-electron chi connectivity index (χ1n) is 5.35. The molecular weight excluding hydrogens is 202 g/mol. The highest BCUT2D eigenvalue weighted by molar-refractivity contribution is 8.08. The second-order valence-corrected chi connectivity index (χ2v) is 5.16. The molecule has 1 aliphatic rings. The smallest absolute Gasteiger partial charge is 0.0178 e. The zero-order valence-electron chi connectivity index (χ0n) is 9.29. The van der Waals surface area contributed by atoms with Crippen molar-refractivity contribution in [1.82, 2.24) is 0 Å². The van der Waals surface area contributed by atoms with Crippen LogP contribution in [-0.4, -0.2) is 5.75 Å². The number of allylic oxidation sites excluding steroid dienone is 1. The molecule has 1 aliphatic heterocycles. The predicted molar refractivity (Wildman–Crippen MR) is 68.5 cm³/mol. The number of thioether (sulfide) groups is 1. The Bertz CT molecular complexity index is 378. The predicted octanol–water partition coefficient (Wildman–Crippen LogP) is 3.26. The van der Waals surface area contributed by atoms with Crippen molar-refractivity contribution in [1.29, 1.82) is 0 Å². The number of rotatable bonds is 2. The molecule has 15 heavy (non-hydrogen) atoms. The summed E-state index contributed by atoms with van der Waals surface area (Å²) in [5.74, 6) is 1.94. The maximum atomic E-state index is 5.59. The van der Waals surface area contributed by atoms with Crippen LogP contribution in [0.1, 0.15) is 25.0 Å². The topological polar surface area (TPSA) is 26.0 Å². The molecule has 0 amide bonds. The Morgan fingerprint density at radius 3 is 2.47 bits per heavy atom. The van der Waals surface area contributed by atoms with Gasteiger partial charge in [0.1, 0.15) is 0 Å². The van der Waals surface area contributed by atoms with E-state index in [1.807, 2.05) is 11.8 Å². The molecule has 0 bridgehead atoms. The van der Waals surface area contributed by atoms with E-state index in [9.17, 15) is 0 Å². The van der Waals surface area contributed by atoms with E-state index < -0.39 is 0 Å². The van der Waals surface area contributed by atoms with E-state index in [-0.39, 0.29) is 0 Å². The van der Waals surface area contributed by atoms with Gasteiger partial charge in [0.05, 0.1) is 0 Å². The summed E-state index contributed by atoms with van der Waals surface area (Å²) in [6.45, 7) is 5.17. The van der Waals surface area contributed by atoms with Crippen molar-refractivity contribution >= 4 is 16.7 Å². The first-order valence-corrected chi connectivity index (χ1v) is 6.34. The minimum Gasteiger partial charge on any atom is -0.326 e. The third kappa shape index (κ3) is 2.11. The Balaban J connectivity index is 2.30. The van der Waals surface area contributed by atoms with Crippen molar-refractivity contribution in [2.45, 2.75) is 20.4 Å². The monoisotopic (exact) mass is 219 g/mol. The molecule has 0 unspecified atom stereocenters. The second kappa shape index (κ2) is 4.42. The van der Waals surface area contributed by atoms with E-state index in [4.69, 9.17) is 5.73 Å². The molecule has 0 fully saturated rings. The first-order chi connectivity index (χ1) is 7.22. The summed E-state index contributed by atoms with van der Waals surface area (Å²) in [6, 6.07) is 8.62. The highest BCUT2D eigenvalue weighted by Crippen LogP contribution is 2.41. The van der Waals surface area contributed by atoms with E-state index in [0.717, 1.165) is 5.92 Å². The van der Waals surface area contributed by atoms with E-state index >= 15 is 0 Å². The van der Waals surface area contributed by atoms with Crippen LogP contribution in [0.25, 0.3) is 4.91 Å². The Kier molecular flexibility index (Phi) is 3.17. The SMILES string of the molecule is CC1=C(c2ccc(CN)cc2)SC[C@H]1C. The summed E-state index contributed by atoms with van der Waals surface area (Å²) in [5, 5.41) is 0. The minimum absolute atomic E-state index is 0.627. The van der Waals surface area contributed by atoms with Gasteiger partial charge in [-0.25, -0.2) is 0 Å². The van der Waals surface area contributed by atoms with E-state index in [1.54, 1.807) is 0 Å². The molecule has 0 aromatic heterocycles. The highest BCUT2D eigenvalue weighted by Gasteiger charge is 2.19. The second-order valence-electron chi connectivity index (χ2n) is 4.13. The average Bonchev–Trinajstić information content (AvgIpc) is 2.60. The molecule has 1 aromatic carbocycles. The molecule has 2 rings (SSSR count). The van der Waals surface area contributed by atoms with Crippen molar-refractivity contribution < 1.29 is 0 Å². The molecule has 0 aliphatic carbocycles. The summed E-state index contributed by atoms with van der Waals surface area (Å²) in [5.41, 5.74) is 9.66. The summed E-state index contributed by atoms with van der Waals surface area (Å²) >= 11 is 1.97. The zero-order valence-corrected chi connectivity index (χ0v) is 10.1. The van der Waals surface area contributed by atoms with Crippen molar-refractivity contribution in [3.05, 3.63) is 41.0 Å². The van der Waals surface area contributed by atoms with E-state index in [0.29, 0.717) is 6.54 Å². The minimum atomic E-state index is 0.627.